The van der Waals surface area contributed by atoms with Crippen LogP contribution >= 0.6 is 0 Å². The summed E-state index contributed by atoms with van der Waals surface area (Å²) in [5.74, 6) is 0.467. The van der Waals surface area contributed by atoms with Gasteiger partial charge in [0.1, 0.15) is 0 Å². The van der Waals surface area contributed by atoms with E-state index in [1.165, 1.54) is 0 Å². The van der Waals surface area contributed by atoms with Gasteiger partial charge in [0.05, 0.1) is 17.9 Å². The molecule has 0 radical (unpaired) electrons. The Kier molecular flexibility index (Phi) is 4.56. The first-order valence-electron chi connectivity index (χ1n) is 6.23. The molecule has 104 valence electrons. The van der Waals surface area contributed by atoms with E-state index in [0.717, 1.165) is 18.8 Å². The van der Waals surface area contributed by atoms with Crippen molar-refractivity contribution in [1.82, 2.24) is 10.3 Å². The molecule has 0 fully saturated rings. The van der Waals surface area contributed by atoms with Gasteiger partial charge in [-0.2, -0.15) is 0 Å². The van der Waals surface area contributed by atoms with Gasteiger partial charge in [-0.1, -0.05) is 12.1 Å². The molecule has 0 atom stereocenters. The Labute approximate surface area is 112 Å². The minimum atomic E-state index is 0.467. The number of nitrogens with zero attached hydrogens (tertiary/aromatic N) is 3. The number of rotatable bonds is 5. The van der Waals surface area contributed by atoms with Crippen molar-refractivity contribution < 1.29 is 0 Å². The molecule has 0 saturated heterocycles. The summed E-state index contributed by atoms with van der Waals surface area (Å²) in [6.45, 7) is 2.86. The molecule has 0 spiro atoms. The van der Waals surface area contributed by atoms with Crippen LogP contribution in [0.5, 0.6) is 0 Å². The molecule has 0 aliphatic carbocycles. The standard InChI is InChI=1S/C12H19N6O/c1-17(8-6-13)9-7-14-12-15-10-4-2-3-5-11(10)18(19)16-12/h2-5H,6-9,13H2,1H3,(H2,14,15,16)/q-1. The third kappa shape index (κ3) is 3.57. The predicted molar refractivity (Wildman–Crippen MR) is 77.9 cm³/mol. The van der Waals surface area contributed by atoms with Crippen LogP contribution in [0.25, 0.3) is 0 Å². The fraction of sp³-hybridized carbons (Fsp3) is 0.417. The van der Waals surface area contributed by atoms with E-state index in [-0.39, 0.29) is 0 Å². The number of nitrogens with one attached hydrogen (secondary N) is 2. The highest BCUT2D eigenvalue weighted by atomic mass is 16.5. The number of anilines is 2. The van der Waals surface area contributed by atoms with E-state index in [2.05, 4.69) is 20.6 Å². The van der Waals surface area contributed by atoms with Gasteiger partial charge in [0, 0.05) is 19.6 Å². The fourth-order valence-corrected chi connectivity index (χ4v) is 1.81. The molecule has 0 saturated carbocycles. The molecule has 0 unspecified atom stereocenters. The summed E-state index contributed by atoms with van der Waals surface area (Å²) in [5, 5.41) is 15.6. The molecule has 19 heavy (non-hydrogen) atoms. The monoisotopic (exact) mass is 263 g/mol. The second-order valence-electron chi connectivity index (χ2n) is 4.37. The molecule has 1 aromatic carbocycles. The molecule has 1 aromatic rings. The summed E-state index contributed by atoms with van der Waals surface area (Å²) in [7, 11) is 1.99. The zero-order valence-corrected chi connectivity index (χ0v) is 11.0. The zero-order chi connectivity index (χ0) is 13.7. The molecule has 1 heterocycles. The maximum atomic E-state index is 11.8. The number of likely N-dealkylation sites (N-methyl/N-ethyl adjacent to an activating group) is 1. The topological polar surface area (TPSA) is 92.0 Å². The number of aliphatic imine (C=N–C) groups is 1. The van der Waals surface area contributed by atoms with E-state index in [9.17, 15) is 5.21 Å². The van der Waals surface area contributed by atoms with E-state index in [1.54, 1.807) is 6.07 Å². The van der Waals surface area contributed by atoms with E-state index in [4.69, 9.17) is 5.73 Å². The molecule has 4 N–H and O–H groups in total. The Balaban J connectivity index is 1.93. The smallest absolute Gasteiger partial charge is 0.214 e. The lowest BCUT2D eigenvalue weighted by Gasteiger charge is -2.38. The van der Waals surface area contributed by atoms with Gasteiger partial charge in [-0.05, 0) is 19.2 Å². The van der Waals surface area contributed by atoms with Crippen molar-refractivity contribution in [3.63, 3.8) is 0 Å². The summed E-state index contributed by atoms with van der Waals surface area (Å²) in [6.07, 6.45) is 0. The van der Waals surface area contributed by atoms with E-state index in [0.29, 0.717) is 29.9 Å². The average molecular weight is 263 g/mol. The normalized spacial score (nSPS) is 16.2. The highest BCUT2D eigenvalue weighted by Gasteiger charge is 2.12. The summed E-state index contributed by atoms with van der Waals surface area (Å²) in [4.78, 5) is 6.42. The van der Waals surface area contributed by atoms with Crippen LogP contribution in [0, 0.1) is 5.21 Å². The SMILES string of the molecule is CN(CCN)CCN=C1Nc2ccccc2N([O-])N1. The van der Waals surface area contributed by atoms with E-state index in [1.807, 2.05) is 25.2 Å². The Morgan fingerprint density at radius 2 is 2.16 bits per heavy atom. The molecule has 0 bridgehead atoms. The van der Waals surface area contributed by atoms with Crippen molar-refractivity contribution in [1.29, 1.82) is 0 Å². The van der Waals surface area contributed by atoms with Crippen molar-refractivity contribution in [2.75, 3.05) is 43.7 Å². The van der Waals surface area contributed by atoms with Crippen LogP contribution < -0.4 is 21.6 Å². The van der Waals surface area contributed by atoms with Gasteiger partial charge < -0.3 is 26.3 Å². The maximum Gasteiger partial charge on any atom is 0.214 e. The number of benzene rings is 1. The number of nitrogens with two attached hydrogens (primary N) is 1. The van der Waals surface area contributed by atoms with E-state index < -0.39 is 0 Å². The molecular weight excluding hydrogens is 244 g/mol. The van der Waals surface area contributed by atoms with Crippen LogP contribution in [-0.2, 0) is 0 Å². The van der Waals surface area contributed by atoms with Gasteiger partial charge in [0.25, 0.3) is 0 Å². The number of hydrazine groups is 1. The highest BCUT2D eigenvalue weighted by Crippen LogP contribution is 2.26. The largest absolute Gasteiger partial charge is 0.739 e. The number of para-hydroxylation sites is 2. The lowest BCUT2D eigenvalue weighted by atomic mass is 10.2. The number of fused-ring (bicyclic) bond motifs is 1. The second kappa shape index (κ2) is 6.37. The highest BCUT2D eigenvalue weighted by molar-refractivity contribution is 6.00. The van der Waals surface area contributed by atoms with Gasteiger partial charge in [-0.3, -0.25) is 10.4 Å². The molecule has 7 heteroatoms. The van der Waals surface area contributed by atoms with Crippen LogP contribution in [0.2, 0.25) is 0 Å². The number of hydrogen-bond acceptors (Lipinski definition) is 5. The Bertz CT molecular complexity index is 450. The number of guanidine groups is 1. The van der Waals surface area contributed by atoms with Gasteiger partial charge in [-0.15, -0.1) is 0 Å². The summed E-state index contributed by atoms with van der Waals surface area (Å²) < 4.78 is 0. The first-order valence-corrected chi connectivity index (χ1v) is 6.23. The maximum absolute atomic E-state index is 11.8. The first kappa shape index (κ1) is 13.6. The third-order valence-corrected chi connectivity index (χ3v) is 2.85. The Morgan fingerprint density at radius 1 is 1.37 bits per heavy atom. The first-order chi connectivity index (χ1) is 9.20. The second-order valence-corrected chi connectivity index (χ2v) is 4.37. The van der Waals surface area contributed by atoms with Gasteiger partial charge in [0.15, 0.2) is 0 Å². The van der Waals surface area contributed by atoms with Crippen LogP contribution in [-0.4, -0.2) is 44.1 Å². The van der Waals surface area contributed by atoms with Crippen LogP contribution in [0.3, 0.4) is 0 Å². The quantitative estimate of drug-likeness (QED) is 0.701. The summed E-state index contributed by atoms with van der Waals surface area (Å²) in [6, 6.07) is 7.28. The van der Waals surface area contributed by atoms with Crippen molar-refractivity contribution in [3.05, 3.63) is 29.5 Å². The van der Waals surface area contributed by atoms with Gasteiger partial charge in [-0.25, -0.2) is 0 Å². The Morgan fingerprint density at radius 3 is 2.95 bits per heavy atom. The van der Waals surface area contributed by atoms with Gasteiger partial charge in [0.2, 0.25) is 5.96 Å². The van der Waals surface area contributed by atoms with Crippen LogP contribution in [0.1, 0.15) is 0 Å². The van der Waals surface area contributed by atoms with Gasteiger partial charge >= 0.3 is 0 Å². The molecule has 7 nitrogen and oxygen atoms in total. The van der Waals surface area contributed by atoms with E-state index >= 15 is 0 Å². The third-order valence-electron chi connectivity index (χ3n) is 2.85. The number of hydrogen-bond donors (Lipinski definition) is 3. The van der Waals surface area contributed by atoms with Crippen LogP contribution in [0.15, 0.2) is 29.3 Å². The zero-order valence-electron chi connectivity index (χ0n) is 11.0. The lowest BCUT2D eigenvalue weighted by Crippen LogP contribution is -2.46. The summed E-state index contributed by atoms with van der Waals surface area (Å²) in [5.41, 5.74) is 9.43. The van der Waals surface area contributed by atoms with Crippen LogP contribution in [0.4, 0.5) is 11.4 Å². The molecule has 0 amide bonds. The lowest BCUT2D eigenvalue weighted by molar-refractivity contribution is 0.353. The van der Waals surface area contributed by atoms with Crippen molar-refractivity contribution in [2.45, 2.75) is 0 Å². The molecule has 1 aliphatic rings. The van der Waals surface area contributed by atoms with Crippen molar-refractivity contribution in [2.24, 2.45) is 10.7 Å². The minimum absolute atomic E-state index is 0.467. The Hall–Kier alpha value is -1.83. The molecular formula is C12H19N6O-. The minimum Gasteiger partial charge on any atom is -0.739 e. The molecule has 2 rings (SSSR count). The molecule has 0 aromatic heterocycles. The average Bonchev–Trinajstić information content (AvgIpc) is 2.39. The van der Waals surface area contributed by atoms with Crippen molar-refractivity contribution >= 4 is 17.3 Å². The predicted octanol–water partition coefficient (Wildman–Crippen LogP) is 0.167. The fourth-order valence-electron chi connectivity index (χ4n) is 1.81. The van der Waals surface area contributed by atoms with Crippen molar-refractivity contribution in [3.8, 4) is 0 Å². The molecule has 1 aliphatic heterocycles. The summed E-state index contributed by atoms with van der Waals surface area (Å²) >= 11 is 0.